The number of fused-ring (bicyclic) bond motifs is 1. The van der Waals surface area contributed by atoms with Crippen LogP contribution in [0.15, 0.2) is 18.2 Å². The molecule has 1 aromatic carbocycles. The zero-order valence-corrected chi connectivity index (χ0v) is 12.5. The van der Waals surface area contributed by atoms with Crippen LogP contribution in [0.25, 0.3) is 0 Å². The molecule has 1 unspecified atom stereocenters. The molecular weight excluding hydrogens is 222 g/mol. The molecule has 0 bridgehead atoms. The standard InChI is InChI=1S/C14H21NO.C2H6/c1-4-14(7-8-15-3)10-16-13-6-5-11(2)9-12(13)14;1-2/h5-6,9,15H,4,7-8,10H2,1-3H3;1-2H3. The fourth-order valence-electron chi connectivity index (χ4n) is 2.52. The second kappa shape index (κ2) is 6.79. The zero-order chi connectivity index (χ0) is 13.6. The van der Waals surface area contributed by atoms with Gasteiger partial charge in [-0.25, -0.2) is 0 Å². The lowest BCUT2D eigenvalue weighted by Crippen LogP contribution is -2.31. The molecule has 0 saturated heterocycles. The van der Waals surface area contributed by atoms with Crippen LogP contribution in [0.3, 0.4) is 0 Å². The monoisotopic (exact) mass is 249 g/mol. The van der Waals surface area contributed by atoms with Crippen LogP contribution in [0.1, 0.15) is 44.7 Å². The van der Waals surface area contributed by atoms with Gasteiger partial charge in [-0.05, 0) is 39.4 Å². The van der Waals surface area contributed by atoms with E-state index in [-0.39, 0.29) is 5.41 Å². The van der Waals surface area contributed by atoms with Crippen LogP contribution in [-0.4, -0.2) is 20.2 Å². The Kier molecular flexibility index (Phi) is 5.67. The molecule has 2 heteroatoms. The van der Waals surface area contributed by atoms with E-state index in [0.717, 1.165) is 31.7 Å². The number of hydrogen-bond donors (Lipinski definition) is 1. The number of aryl methyl sites for hydroxylation is 1. The van der Waals surface area contributed by atoms with Gasteiger partial charge in [-0.15, -0.1) is 0 Å². The minimum absolute atomic E-state index is 0.227. The van der Waals surface area contributed by atoms with Crippen LogP contribution < -0.4 is 10.1 Å². The van der Waals surface area contributed by atoms with Crippen molar-refractivity contribution >= 4 is 0 Å². The SMILES string of the molecule is CC.CCC1(CCNC)COc2ccc(C)cc21. The smallest absolute Gasteiger partial charge is 0.123 e. The Morgan fingerprint density at radius 1 is 1.33 bits per heavy atom. The third-order valence-corrected chi connectivity index (χ3v) is 3.74. The molecule has 1 aliphatic rings. The Hall–Kier alpha value is -1.02. The molecule has 0 radical (unpaired) electrons. The van der Waals surface area contributed by atoms with Crippen LogP contribution in [0.5, 0.6) is 5.75 Å². The molecule has 0 spiro atoms. The summed E-state index contributed by atoms with van der Waals surface area (Å²) >= 11 is 0. The van der Waals surface area contributed by atoms with E-state index in [1.165, 1.54) is 11.1 Å². The lowest BCUT2D eigenvalue weighted by molar-refractivity contribution is 0.247. The van der Waals surface area contributed by atoms with E-state index in [1.54, 1.807) is 0 Å². The first kappa shape index (κ1) is 15.0. The van der Waals surface area contributed by atoms with Crippen LogP contribution >= 0.6 is 0 Å². The first-order valence-corrected chi connectivity index (χ1v) is 7.10. The van der Waals surface area contributed by atoms with Crippen molar-refractivity contribution in [3.8, 4) is 5.75 Å². The summed E-state index contributed by atoms with van der Waals surface area (Å²) in [5, 5.41) is 3.24. The maximum absolute atomic E-state index is 5.83. The number of benzene rings is 1. The molecule has 2 nitrogen and oxygen atoms in total. The molecule has 1 aromatic rings. The summed E-state index contributed by atoms with van der Waals surface area (Å²) in [5.41, 5.74) is 2.96. The fourth-order valence-corrected chi connectivity index (χ4v) is 2.52. The van der Waals surface area contributed by atoms with Gasteiger partial charge in [0, 0.05) is 11.0 Å². The van der Waals surface area contributed by atoms with Crippen LogP contribution in [0, 0.1) is 6.92 Å². The predicted octanol–water partition coefficient (Wildman–Crippen LogP) is 3.67. The summed E-state index contributed by atoms with van der Waals surface area (Å²) in [6.45, 7) is 10.3. The van der Waals surface area contributed by atoms with E-state index in [2.05, 4.69) is 37.4 Å². The topological polar surface area (TPSA) is 21.3 Å². The van der Waals surface area contributed by atoms with Gasteiger partial charge in [0.15, 0.2) is 0 Å². The second-order valence-electron chi connectivity index (χ2n) is 4.78. The van der Waals surface area contributed by atoms with Gasteiger partial charge in [-0.2, -0.15) is 0 Å². The Bertz CT molecular complexity index is 375. The Labute approximate surface area is 112 Å². The molecule has 102 valence electrons. The third kappa shape index (κ3) is 2.86. The van der Waals surface area contributed by atoms with Crippen molar-refractivity contribution in [2.24, 2.45) is 0 Å². The highest BCUT2D eigenvalue weighted by atomic mass is 16.5. The average Bonchev–Trinajstić information content (AvgIpc) is 2.77. The molecule has 18 heavy (non-hydrogen) atoms. The van der Waals surface area contributed by atoms with Gasteiger partial charge in [0.25, 0.3) is 0 Å². The van der Waals surface area contributed by atoms with Gasteiger partial charge in [-0.3, -0.25) is 0 Å². The number of ether oxygens (including phenoxy) is 1. The fraction of sp³-hybridized carbons (Fsp3) is 0.625. The van der Waals surface area contributed by atoms with Crippen molar-refractivity contribution in [3.63, 3.8) is 0 Å². The van der Waals surface area contributed by atoms with Crippen molar-refractivity contribution in [1.82, 2.24) is 5.32 Å². The molecule has 0 amide bonds. The number of hydrogen-bond acceptors (Lipinski definition) is 2. The molecule has 0 aromatic heterocycles. The van der Waals surface area contributed by atoms with Gasteiger partial charge >= 0.3 is 0 Å². The Morgan fingerprint density at radius 3 is 2.67 bits per heavy atom. The highest BCUT2D eigenvalue weighted by Gasteiger charge is 2.38. The molecule has 1 N–H and O–H groups in total. The van der Waals surface area contributed by atoms with Crippen molar-refractivity contribution < 1.29 is 4.74 Å². The molecule has 2 rings (SSSR count). The minimum atomic E-state index is 0.227. The summed E-state index contributed by atoms with van der Waals surface area (Å²) in [7, 11) is 2.01. The summed E-state index contributed by atoms with van der Waals surface area (Å²) in [6, 6.07) is 6.53. The van der Waals surface area contributed by atoms with Crippen molar-refractivity contribution in [2.75, 3.05) is 20.2 Å². The molecule has 1 heterocycles. The van der Waals surface area contributed by atoms with Gasteiger partial charge < -0.3 is 10.1 Å². The summed E-state index contributed by atoms with van der Waals surface area (Å²) in [5.74, 6) is 1.09. The van der Waals surface area contributed by atoms with E-state index >= 15 is 0 Å². The van der Waals surface area contributed by atoms with Gasteiger partial charge in [-0.1, -0.05) is 38.5 Å². The lowest BCUT2D eigenvalue weighted by atomic mass is 9.77. The lowest BCUT2D eigenvalue weighted by Gasteiger charge is -2.26. The van der Waals surface area contributed by atoms with E-state index in [4.69, 9.17) is 4.74 Å². The molecule has 1 aliphatic heterocycles. The first-order valence-electron chi connectivity index (χ1n) is 7.10. The molecule has 0 aliphatic carbocycles. The van der Waals surface area contributed by atoms with E-state index in [9.17, 15) is 0 Å². The average molecular weight is 249 g/mol. The van der Waals surface area contributed by atoms with Crippen LogP contribution in [-0.2, 0) is 5.41 Å². The van der Waals surface area contributed by atoms with E-state index in [0.29, 0.717) is 0 Å². The normalized spacial score (nSPS) is 20.7. The van der Waals surface area contributed by atoms with Crippen molar-refractivity contribution in [3.05, 3.63) is 29.3 Å². The molecule has 1 atom stereocenters. The molecule has 0 saturated carbocycles. The Morgan fingerprint density at radius 2 is 2.06 bits per heavy atom. The quantitative estimate of drug-likeness (QED) is 0.879. The molecule has 0 fully saturated rings. The maximum atomic E-state index is 5.83. The number of nitrogens with one attached hydrogen (secondary N) is 1. The Balaban J connectivity index is 0.000000771. The van der Waals surface area contributed by atoms with E-state index < -0.39 is 0 Å². The van der Waals surface area contributed by atoms with E-state index in [1.807, 2.05) is 20.9 Å². The van der Waals surface area contributed by atoms with Gasteiger partial charge in [0.1, 0.15) is 5.75 Å². The molecular formula is C16H27NO. The minimum Gasteiger partial charge on any atom is -0.492 e. The van der Waals surface area contributed by atoms with Crippen molar-refractivity contribution in [1.29, 1.82) is 0 Å². The first-order chi connectivity index (χ1) is 8.72. The largest absolute Gasteiger partial charge is 0.492 e. The van der Waals surface area contributed by atoms with Crippen molar-refractivity contribution in [2.45, 2.75) is 46.0 Å². The van der Waals surface area contributed by atoms with Crippen LogP contribution in [0.2, 0.25) is 0 Å². The maximum Gasteiger partial charge on any atom is 0.123 e. The third-order valence-electron chi connectivity index (χ3n) is 3.74. The summed E-state index contributed by atoms with van der Waals surface area (Å²) in [6.07, 6.45) is 2.29. The van der Waals surface area contributed by atoms with Crippen LogP contribution in [0.4, 0.5) is 0 Å². The highest BCUT2D eigenvalue weighted by molar-refractivity contribution is 5.45. The highest BCUT2D eigenvalue weighted by Crippen LogP contribution is 2.43. The second-order valence-corrected chi connectivity index (χ2v) is 4.78. The zero-order valence-electron chi connectivity index (χ0n) is 12.5. The summed E-state index contributed by atoms with van der Waals surface area (Å²) in [4.78, 5) is 0. The van der Waals surface area contributed by atoms with Gasteiger partial charge in [0.05, 0.1) is 6.61 Å². The number of rotatable bonds is 4. The predicted molar refractivity (Wildman–Crippen MR) is 78.5 cm³/mol. The summed E-state index contributed by atoms with van der Waals surface area (Å²) < 4.78 is 5.83. The van der Waals surface area contributed by atoms with Gasteiger partial charge in [0.2, 0.25) is 0 Å².